The lowest BCUT2D eigenvalue weighted by molar-refractivity contribution is -0.194. The molecule has 8 heteroatoms. The fourth-order valence-corrected chi connectivity index (χ4v) is 2.23. The molecule has 0 aromatic heterocycles. The van der Waals surface area contributed by atoms with Crippen LogP contribution in [-0.4, -0.2) is 82.0 Å². The largest absolute Gasteiger partial charge is 0.631 e. The van der Waals surface area contributed by atoms with E-state index in [9.17, 15) is 0 Å². The molecule has 0 radical (unpaired) electrons. The first-order valence-electron chi connectivity index (χ1n) is 4.57. The second-order valence-electron chi connectivity index (χ2n) is 3.88. The number of rotatable bonds is 0. The normalized spacial score (nSPS) is 43.1. The number of nitrogens with zero attached hydrogens (tertiary/aromatic N) is 4. The van der Waals surface area contributed by atoms with Crippen LogP contribution in [-0.2, 0) is 0 Å². The number of hydrogen-bond donors (Lipinski definition) is 3. The van der Waals surface area contributed by atoms with Gasteiger partial charge in [-0.25, -0.2) is 0 Å². The van der Waals surface area contributed by atoms with E-state index >= 15 is 0 Å². The van der Waals surface area contributed by atoms with Crippen molar-refractivity contribution in [2.24, 2.45) is 0 Å². The average Bonchev–Trinajstić information content (AvgIpc) is 1.98. The van der Waals surface area contributed by atoms with Crippen molar-refractivity contribution in [2.75, 3.05) is 40.0 Å². The van der Waals surface area contributed by atoms with Crippen molar-refractivity contribution in [1.82, 2.24) is 19.6 Å². The van der Waals surface area contributed by atoms with E-state index in [4.69, 9.17) is 15.1 Å². The molecular weight excluding hydrogens is 187 g/mol. The van der Waals surface area contributed by atoms with Gasteiger partial charge in [-0.1, -0.05) is 0 Å². The Morgan fingerprint density at radius 1 is 0.571 bits per heavy atom. The molecule has 0 atom stereocenters. The molecule has 4 aliphatic rings. The Balaban J connectivity index is 0.000000165. The summed E-state index contributed by atoms with van der Waals surface area (Å²) in [4.78, 5) is 9.88. The van der Waals surface area contributed by atoms with Crippen LogP contribution in [0.25, 0.3) is 0 Å². The molecule has 4 bridgehead atoms. The summed E-state index contributed by atoms with van der Waals surface area (Å²) < 4.78 is 0. The molecule has 0 amide bonds. The molecule has 7 nitrogen and oxygen atoms in total. The van der Waals surface area contributed by atoms with Crippen molar-refractivity contribution in [2.45, 2.75) is 0 Å². The standard InChI is InChI=1S/C6H12N4.BH3O3/c1-7-2-9-4-8(1)5-10(3-7)6-9;2-1(3)4/h1-6H2;2-4H. The second-order valence-corrected chi connectivity index (χ2v) is 3.88. The van der Waals surface area contributed by atoms with Crippen LogP contribution in [0.1, 0.15) is 0 Å². The molecule has 0 unspecified atom stereocenters. The van der Waals surface area contributed by atoms with Gasteiger partial charge < -0.3 is 15.1 Å². The molecule has 4 aliphatic heterocycles. The Hall–Kier alpha value is -0.215. The van der Waals surface area contributed by atoms with Gasteiger partial charge in [0.1, 0.15) is 0 Å². The van der Waals surface area contributed by atoms with Crippen LogP contribution in [0.2, 0.25) is 0 Å². The van der Waals surface area contributed by atoms with E-state index in [2.05, 4.69) is 19.6 Å². The van der Waals surface area contributed by atoms with Gasteiger partial charge in [-0.3, -0.25) is 19.6 Å². The first-order valence-corrected chi connectivity index (χ1v) is 4.57. The van der Waals surface area contributed by atoms with Crippen molar-refractivity contribution < 1.29 is 15.1 Å². The Morgan fingerprint density at radius 3 is 0.857 bits per heavy atom. The maximum Gasteiger partial charge on any atom is 0.631 e. The van der Waals surface area contributed by atoms with E-state index in [0.29, 0.717) is 0 Å². The van der Waals surface area contributed by atoms with Gasteiger partial charge in [0, 0.05) is 0 Å². The molecule has 4 saturated heterocycles. The summed E-state index contributed by atoms with van der Waals surface area (Å²) in [5.74, 6) is 0. The van der Waals surface area contributed by atoms with E-state index in [1.165, 1.54) is 40.0 Å². The highest BCUT2D eigenvalue weighted by molar-refractivity contribution is 6.30. The summed E-state index contributed by atoms with van der Waals surface area (Å²) in [6, 6.07) is 0. The molecule has 4 fully saturated rings. The molecule has 4 heterocycles. The Labute approximate surface area is 82.9 Å². The zero-order valence-electron chi connectivity index (χ0n) is 7.95. The van der Waals surface area contributed by atoms with Crippen LogP contribution in [0.4, 0.5) is 0 Å². The molecule has 0 saturated carbocycles. The summed E-state index contributed by atoms with van der Waals surface area (Å²) in [5.41, 5.74) is 0. The third kappa shape index (κ3) is 2.42. The van der Waals surface area contributed by atoms with Gasteiger partial charge in [-0.15, -0.1) is 0 Å². The van der Waals surface area contributed by atoms with Crippen LogP contribution in [0.5, 0.6) is 0 Å². The lowest BCUT2D eigenvalue weighted by Gasteiger charge is -2.56. The minimum atomic E-state index is -2.17. The van der Waals surface area contributed by atoms with Crippen molar-refractivity contribution in [1.29, 1.82) is 0 Å². The molecule has 14 heavy (non-hydrogen) atoms. The summed E-state index contributed by atoms with van der Waals surface area (Å²) in [5, 5.41) is 21.5. The van der Waals surface area contributed by atoms with Crippen LogP contribution in [0.15, 0.2) is 0 Å². The van der Waals surface area contributed by atoms with Crippen molar-refractivity contribution in [3.8, 4) is 0 Å². The maximum atomic E-state index is 7.17. The predicted molar refractivity (Wildman–Crippen MR) is 49.0 cm³/mol. The summed E-state index contributed by atoms with van der Waals surface area (Å²) in [7, 11) is -2.17. The zero-order valence-corrected chi connectivity index (χ0v) is 7.95. The summed E-state index contributed by atoms with van der Waals surface area (Å²) in [6.07, 6.45) is 0. The molecule has 80 valence electrons. The van der Waals surface area contributed by atoms with Crippen LogP contribution in [0, 0.1) is 0 Å². The quantitative estimate of drug-likeness (QED) is 0.360. The van der Waals surface area contributed by atoms with E-state index in [0.717, 1.165) is 0 Å². The van der Waals surface area contributed by atoms with E-state index in [1.54, 1.807) is 0 Å². The summed E-state index contributed by atoms with van der Waals surface area (Å²) >= 11 is 0. The van der Waals surface area contributed by atoms with E-state index in [-0.39, 0.29) is 0 Å². The predicted octanol–water partition coefficient (Wildman–Crippen LogP) is -3.07. The van der Waals surface area contributed by atoms with Gasteiger partial charge in [-0.2, -0.15) is 0 Å². The highest BCUT2D eigenvalue weighted by Gasteiger charge is 2.36. The Morgan fingerprint density at radius 2 is 0.714 bits per heavy atom. The van der Waals surface area contributed by atoms with Crippen LogP contribution >= 0.6 is 0 Å². The highest BCUT2D eigenvalue weighted by Crippen LogP contribution is 2.20. The van der Waals surface area contributed by atoms with Crippen molar-refractivity contribution >= 4 is 7.32 Å². The fraction of sp³-hybridized carbons (Fsp3) is 1.00. The van der Waals surface area contributed by atoms with E-state index < -0.39 is 7.32 Å². The third-order valence-corrected chi connectivity index (χ3v) is 2.40. The molecule has 0 aromatic carbocycles. The first-order chi connectivity index (χ1) is 6.63. The van der Waals surface area contributed by atoms with E-state index in [1.807, 2.05) is 0 Å². The topological polar surface area (TPSA) is 73.7 Å². The minimum Gasteiger partial charge on any atom is -0.402 e. The lowest BCUT2D eigenvalue weighted by atomic mass is 10.3. The minimum absolute atomic E-state index is 1.19. The monoisotopic (exact) mass is 202 g/mol. The second kappa shape index (κ2) is 4.11. The van der Waals surface area contributed by atoms with Gasteiger partial charge in [-0.05, 0) is 0 Å². The SMILES string of the molecule is C1N2CN3CN1CN(C2)C3.OB(O)O. The van der Waals surface area contributed by atoms with Crippen molar-refractivity contribution in [3.05, 3.63) is 0 Å². The maximum absolute atomic E-state index is 7.17. The average molecular weight is 202 g/mol. The van der Waals surface area contributed by atoms with Crippen molar-refractivity contribution in [3.63, 3.8) is 0 Å². The first kappa shape index (κ1) is 10.3. The van der Waals surface area contributed by atoms with Gasteiger partial charge in [0.25, 0.3) is 0 Å². The fourth-order valence-electron chi connectivity index (χ4n) is 2.23. The Bertz CT molecular complexity index is 146. The highest BCUT2D eigenvalue weighted by atomic mass is 16.5. The van der Waals surface area contributed by atoms with Crippen LogP contribution in [0.3, 0.4) is 0 Å². The molecule has 0 aromatic rings. The van der Waals surface area contributed by atoms with Gasteiger partial charge in [0.15, 0.2) is 0 Å². The lowest BCUT2D eigenvalue weighted by Crippen LogP contribution is -2.71. The molecular formula is C6H15BN4O3. The molecule has 0 spiro atoms. The van der Waals surface area contributed by atoms with Gasteiger partial charge in [0.2, 0.25) is 0 Å². The number of hydrogen-bond acceptors (Lipinski definition) is 7. The Kier molecular flexibility index (Phi) is 3.03. The van der Waals surface area contributed by atoms with Crippen LogP contribution < -0.4 is 0 Å². The van der Waals surface area contributed by atoms with Gasteiger partial charge in [0.05, 0.1) is 40.0 Å². The zero-order chi connectivity index (χ0) is 10.1. The third-order valence-electron chi connectivity index (χ3n) is 2.40. The molecule has 3 N–H and O–H groups in total. The summed E-state index contributed by atoms with van der Waals surface area (Å²) in [6.45, 7) is 7.12. The smallest absolute Gasteiger partial charge is 0.402 e. The molecule has 0 aliphatic carbocycles. The molecule has 4 rings (SSSR count). The van der Waals surface area contributed by atoms with Gasteiger partial charge >= 0.3 is 7.32 Å².